The fourth-order valence-electron chi connectivity index (χ4n) is 8.98. The quantitative estimate of drug-likeness (QED) is 0.0876. The lowest BCUT2D eigenvalue weighted by Gasteiger charge is -2.37. The summed E-state index contributed by atoms with van der Waals surface area (Å²) in [6, 6.07) is 11.8. The molecule has 6 atom stereocenters. The van der Waals surface area contributed by atoms with Gasteiger partial charge >= 0.3 is 18.3 Å². The molecule has 0 spiro atoms. The lowest BCUT2D eigenvalue weighted by Crippen LogP contribution is -2.51. The predicted octanol–water partition coefficient (Wildman–Crippen LogP) is 10.1. The molecule has 6 rings (SSSR count). The SMILES string of the molecule is CC(C)OC(O)(OC(C)C)n1cc(-c2ccc(-c3ccc(-c4cnc([C@@H](NC(=O)[C@@H]5C[C@@H](F)CN5C(=O)OC(C)(C)C)C(C)(C)C)[nH]4)cc3)cc2)nc1[C@@H](NC(=O)[C@@H]1C[C@@H](F)CN1C(=O)OC(C)(C)C)C(C)(C)C. The van der Waals surface area contributed by atoms with Gasteiger partial charge in [-0.3, -0.25) is 24.0 Å². The zero-order valence-corrected chi connectivity index (χ0v) is 45.9. The molecular weight excluding hydrogens is 955 g/mol. The van der Waals surface area contributed by atoms with E-state index in [4.69, 9.17) is 23.9 Å². The van der Waals surface area contributed by atoms with E-state index in [2.05, 4.69) is 20.6 Å². The van der Waals surface area contributed by atoms with Crippen LogP contribution in [0.3, 0.4) is 0 Å². The zero-order chi connectivity index (χ0) is 55.0. The second-order valence-electron chi connectivity index (χ2n) is 24.2. The Morgan fingerprint density at radius 1 is 0.649 bits per heavy atom. The van der Waals surface area contributed by atoms with E-state index in [0.717, 1.165) is 26.5 Å². The largest absolute Gasteiger partial charge is 0.444 e. The molecule has 2 aliphatic rings. The van der Waals surface area contributed by atoms with E-state index in [1.54, 1.807) is 81.6 Å². The fraction of sp³-hybridized carbons (Fsp3) is 0.600. The highest BCUT2D eigenvalue weighted by atomic mass is 19.1. The van der Waals surface area contributed by atoms with Crippen molar-refractivity contribution in [1.29, 1.82) is 0 Å². The number of amides is 4. The van der Waals surface area contributed by atoms with Crippen molar-refractivity contribution in [2.45, 2.75) is 190 Å². The van der Waals surface area contributed by atoms with Gasteiger partial charge in [-0.2, -0.15) is 0 Å². The number of carbonyl (C=O) groups is 4. The van der Waals surface area contributed by atoms with E-state index in [1.807, 2.05) is 90.1 Å². The maximum atomic E-state index is 15.0. The molecule has 4 N–H and O–H groups in total. The molecule has 2 aliphatic heterocycles. The molecule has 2 saturated heterocycles. The number of aromatic nitrogens is 4. The Morgan fingerprint density at radius 2 is 1.05 bits per heavy atom. The number of hydrogen-bond acceptors (Lipinski definition) is 11. The molecule has 4 heterocycles. The summed E-state index contributed by atoms with van der Waals surface area (Å²) in [5, 5.41) is 18.4. The molecule has 74 heavy (non-hydrogen) atoms. The van der Waals surface area contributed by atoms with E-state index in [0.29, 0.717) is 22.8 Å². The topological polar surface area (TPSA) is 202 Å². The van der Waals surface area contributed by atoms with E-state index in [9.17, 15) is 33.1 Å². The Balaban J connectivity index is 1.26. The number of nitrogens with zero attached hydrogens (tertiary/aromatic N) is 5. The summed E-state index contributed by atoms with van der Waals surface area (Å²) in [4.78, 5) is 69.5. The lowest BCUT2D eigenvalue weighted by molar-refractivity contribution is -0.438. The number of carbonyl (C=O) groups excluding carboxylic acids is 4. The van der Waals surface area contributed by atoms with Crippen LogP contribution < -0.4 is 10.6 Å². The highest BCUT2D eigenvalue weighted by molar-refractivity contribution is 5.87. The van der Waals surface area contributed by atoms with Crippen molar-refractivity contribution in [3.05, 3.63) is 72.6 Å². The van der Waals surface area contributed by atoms with Gasteiger partial charge in [0.25, 0.3) is 0 Å². The second-order valence-corrected chi connectivity index (χ2v) is 24.2. The Hall–Kier alpha value is -5.92. The molecule has 4 aromatic rings. The van der Waals surface area contributed by atoms with Crippen molar-refractivity contribution in [3.63, 3.8) is 0 Å². The number of likely N-dealkylation sites (tertiary alicyclic amines) is 2. The van der Waals surface area contributed by atoms with Gasteiger partial charge in [0.15, 0.2) is 0 Å². The zero-order valence-electron chi connectivity index (χ0n) is 45.9. The van der Waals surface area contributed by atoms with E-state index >= 15 is 0 Å². The first-order valence-electron chi connectivity index (χ1n) is 25.4. The Morgan fingerprint density at radius 3 is 1.46 bits per heavy atom. The number of benzene rings is 2. The minimum Gasteiger partial charge on any atom is -0.444 e. The highest BCUT2D eigenvalue weighted by Crippen LogP contribution is 2.39. The standard InChI is InChI=1S/C55H78F2N8O9/c1-31(2)71-55(70,72-32(3)4)65-30-40(60-46(65)44(52(8,9)10)62-48(67)42-26-38(57)29-64(42)50(69)74-54(14,15)16)36-23-19-34(20-24-36)33-17-21-35(22-18-33)39-27-58-45(59-39)43(51(5,6)7)61-47(66)41-25-37(56)28-63(41)49(68)73-53(11,12)13/h17-24,27,30-32,37-38,41-44,70H,25-26,28-29H2,1-16H3,(H,58,59)(H,61,66)(H,62,67)/t37-,38-,41+,42+,43-,44-/m1/s1. The van der Waals surface area contributed by atoms with Crippen LogP contribution in [0, 0.1) is 10.8 Å². The summed E-state index contributed by atoms with van der Waals surface area (Å²) in [5.74, 6) is -0.419. The number of alkyl halides is 2. The molecule has 406 valence electrons. The van der Waals surface area contributed by atoms with Crippen molar-refractivity contribution in [1.82, 2.24) is 40.0 Å². The number of ether oxygens (including phenoxy) is 4. The molecule has 2 fully saturated rings. The van der Waals surface area contributed by atoms with Crippen molar-refractivity contribution < 1.29 is 52.0 Å². The van der Waals surface area contributed by atoms with Gasteiger partial charge < -0.3 is 39.7 Å². The summed E-state index contributed by atoms with van der Waals surface area (Å²) in [7, 11) is 0. The number of rotatable bonds is 14. The van der Waals surface area contributed by atoms with Crippen LogP contribution in [-0.2, 0) is 34.6 Å². The minimum atomic E-state index is -2.38. The first kappa shape index (κ1) is 57.4. The van der Waals surface area contributed by atoms with Crippen LogP contribution in [0.5, 0.6) is 0 Å². The van der Waals surface area contributed by atoms with Crippen LogP contribution in [0.1, 0.15) is 147 Å². The molecule has 0 bridgehead atoms. The number of aromatic amines is 1. The first-order chi connectivity index (χ1) is 34.1. The van der Waals surface area contributed by atoms with Crippen LogP contribution >= 0.6 is 0 Å². The molecule has 4 amide bonds. The Kier molecular flexibility index (Phi) is 16.8. The number of aliphatic hydroxyl groups is 1. The summed E-state index contributed by atoms with van der Waals surface area (Å²) < 4.78 is 54.3. The van der Waals surface area contributed by atoms with Gasteiger partial charge in [0, 0.05) is 24.6 Å². The van der Waals surface area contributed by atoms with E-state index < -0.39 is 101 Å². The van der Waals surface area contributed by atoms with Crippen molar-refractivity contribution in [2.75, 3.05) is 13.1 Å². The molecule has 0 radical (unpaired) electrons. The molecule has 19 heteroatoms. The van der Waals surface area contributed by atoms with Gasteiger partial charge in [-0.05, 0) is 96.8 Å². The van der Waals surface area contributed by atoms with Gasteiger partial charge in [-0.1, -0.05) is 90.1 Å². The third-order valence-corrected chi connectivity index (χ3v) is 12.3. The van der Waals surface area contributed by atoms with Crippen LogP contribution in [0.2, 0.25) is 0 Å². The molecule has 0 aliphatic carbocycles. The first-order valence-corrected chi connectivity index (χ1v) is 25.4. The summed E-state index contributed by atoms with van der Waals surface area (Å²) in [6.07, 6.45) is -4.82. The minimum absolute atomic E-state index is 0.137. The molecule has 2 aromatic heterocycles. The summed E-state index contributed by atoms with van der Waals surface area (Å²) in [6.45, 7) is 28.3. The normalized spacial score (nSPS) is 19.7. The molecule has 0 unspecified atom stereocenters. The number of imidazole rings is 2. The maximum Gasteiger partial charge on any atom is 0.411 e. The number of halogens is 2. The Labute approximate surface area is 434 Å². The van der Waals surface area contributed by atoms with Crippen LogP contribution in [0.4, 0.5) is 18.4 Å². The van der Waals surface area contributed by atoms with E-state index in [1.165, 1.54) is 4.57 Å². The van der Waals surface area contributed by atoms with Gasteiger partial charge in [0.2, 0.25) is 11.8 Å². The lowest BCUT2D eigenvalue weighted by atomic mass is 9.85. The van der Waals surface area contributed by atoms with Gasteiger partial charge in [-0.15, -0.1) is 0 Å². The van der Waals surface area contributed by atoms with Crippen LogP contribution in [0.15, 0.2) is 60.9 Å². The molecule has 17 nitrogen and oxygen atoms in total. The molecular formula is C55H78F2N8O9. The number of H-pyrrole nitrogens is 1. The van der Waals surface area contributed by atoms with Gasteiger partial charge in [0.05, 0.1) is 55.0 Å². The Bertz CT molecular complexity index is 2600. The molecule has 2 aromatic carbocycles. The van der Waals surface area contributed by atoms with Crippen molar-refractivity contribution in [2.24, 2.45) is 10.8 Å². The van der Waals surface area contributed by atoms with Crippen LogP contribution in [0.25, 0.3) is 33.6 Å². The number of hydrogen-bond donors (Lipinski definition) is 4. The fourth-order valence-corrected chi connectivity index (χ4v) is 8.98. The predicted molar refractivity (Wildman–Crippen MR) is 276 cm³/mol. The third kappa shape index (κ3) is 14.1. The second kappa shape index (κ2) is 21.7. The van der Waals surface area contributed by atoms with E-state index in [-0.39, 0.29) is 31.8 Å². The van der Waals surface area contributed by atoms with Crippen LogP contribution in [-0.4, -0.2) is 119 Å². The van der Waals surface area contributed by atoms with Gasteiger partial charge in [0.1, 0.15) is 47.3 Å². The molecule has 0 saturated carbocycles. The average Bonchev–Trinajstić information content (AvgIpc) is 4.08. The third-order valence-electron chi connectivity index (χ3n) is 12.3. The summed E-state index contributed by atoms with van der Waals surface area (Å²) >= 11 is 0. The van der Waals surface area contributed by atoms with Gasteiger partial charge in [-0.25, -0.2) is 28.3 Å². The average molecular weight is 1030 g/mol. The van der Waals surface area contributed by atoms with Crippen molar-refractivity contribution >= 4 is 24.0 Å². The van der Waals surface area contributed by atoms with Crippen molar-refractivity contribution in [3.8, 4) is 33.6 Å². The summed E-state index contributed by atoms with van der Waals surface area (Å²) in [5.41, 5.74) is 1.48. The smallest absolute Gasteiger partial charge is 0.411 e. The maximum absolute atomic E-state index is 15.0. The number of nitrogens with one attached hydrogen (secondary N) is 3. The highest BCUT2D eigenvalue weighted by Gasteiger charge is 2.47. The monoisotopic (exact) mass is 1030 g/mol.